The molecule has 0 bridgehead atoms. The molecule has 0 saturated heterocycles. The lowest BCUT2D eigenvalue weighted by Crippen LogP contribution is -2.22. The molecule has 0 aliphatic heterocycles. The zero-order chi connectivity index (χ0) is 12.3. The monoisotopic (exact) mass is 294 g/mol. The molecule has 4 nitrogen and oxygen atoms in total. The summed E-state index contributed by atoms with van der Waals surface area (Å²) in [7, 11) is 0. The van der Waals surface area contributed by atoms with Crippen LogP contribution in [0.4, 0.5) is 0 Å². The number of pyridine rings is 1. The van der Waals surface area contributed by atoms with E-state index in [0.717, 1.165) is 11.5 Å². The van der Waals surface area contributed by atoms with Crippen LogP contribution in [0.25, 0.3) is 0 Å². The third-order valence-corrected chi connectivity index (χ3v) is 2.64. The van der Waals surface area contributed by atoms with Gasteiger partial charge in [0.1, 0.15) is 16.1 Å². The zero-order valence-electron chi connectivity index (χ0n) is 9.24. The number of amides is 1. The van der Waals surface area contributed by atoms with Crippen molar-refractivity contribution < 1.29 is 9.21 Å². The summed E-state index contributed by atoms with van der Waals surface area (Å²) in [4.78, 5) is 15.7. The van der Waals surface area contributed by atoms with E-state index in [1.807, 2.05) is 19.1 Å². The number of hydrogen-bond acceptors (Lipinski definition) is 3. The summed E-state index contributed by atoms with van der Waals surface area (Å²) in [6, 6.07) is 7.04. The van der Waals surface area contributed by atoms with Crippen molar-refractivity contribution >= 4 is 21.8 Å². The van der Waals surface area contributed by atoms with Crippen LogP contribution in [0.1, 0.15) is 21.9 Å². The molecule has 2 rings (SSSR count). The number of nitrogens with zero attached hydrogens (tertiary/aromatic N) is 1. The smallest absolute Gasteiger partial charge is 0.251 e. The van der Waals surface area contributed by atoms with Crippen molar-refractivity contribution in [2.24, 2.45) is 0 Å². The fourth-order valence-electron chi connectivity index (χ4n) is 1.39. The van der Waals surface area contributed by atoms with Gasteiger partial charge in [-0.05, 0) is 47.1 Å². The Morgan fingerprint density at radius 1 is 1.47 bits per heavy atom. The van der Waals surface area contributed by atoms with Crippen molar-refractivity contribution in [3.8, 4) is 0 Å². The van der Waals surface area contributed by atoms with Crippen LogP contribution < -0.4 is 5.32 Å². The summed E-state index contributed by atoms with van der Waals surface area (Å²) in [5.74, 6) is 1.42. The van der Waals surface area contributed by atoms with Gasteiger partial charge in [0.25, 0.3) is 5.91 Å². The molecule has 17 heavy (non-hydrogen) atoms. The first-order valence-corrected chi connectivity index (χ1v) is 5.89. The second kappa shape index (κ2) is 5.14. The van der Waals surface area contributed by atoms with Gasteiger partial charge in [-0.25, -0.2) is 4.98 Å². The standard InChI is InChI=1S/C12H11BrN2O2/c1-8-2-3-10(17-8)7-15-12(16)9-4-5-14-11(13)6-9/h2-6H,7H2,1H3,(H,15,16). The molecule has 2 heterocycles. The van der Waals surface area contributed by atoms with Gasteiger partial charge in [-0.2, -0.15) is 0 Å². The second-order valence-electron chi connectivity index (χ2n) is 3.56. The van der Waals surface area contributed by atoms with Crippen LogP contribution in [-0.2, 0) is 6.54 Å². The maximum atomic E-state index is 11.8. The fraction of sp³-hybridized carbons (Fsp3) is 0.167. The van der Waals surface area contributed by atoms with Crippen LogP contribution in [0.15, 0.2) is 39.5 Å². The Morgan fingerprint density at radius 2 is 2.29 bits per heavy atom. The lowest BCUT2D eigenvalue weighted by Gasteiger charge is -2.03. The van der Waals surface area contributed by atoms with Crippen LogP contribution in [-0.4, -0.2) is 10.9 Å². The Hall–Kier alpha value is -1.62. The largest absolute Gasteiger partial charge is 0.465 e. The lowest BCUT2D eigenvalue weighted by atomic mass is 10.2. The van der Waals surface area contributed by atoms with Gasteiger partial charge in [0, 0.05) is 11.8 Å². The van der Waals surface area contributed by atoms with E-state index in [4.69, 9.17) is 4.42 Å². The third kappa shape index (κ3) is 3.17. The van der Waals surface area contributed by atoms with Gasteiger partial charge >= 0.3 is 0 Å². The maximum absolute atomic E-state index is 11.8. The van der Waals surface area contributed by atoms with E-state index in [-0.39, 0.29) is 5.91 Å². The third-order valence-electron chi connectivity index (χ3n) is 2.21. The Balaban J connectivity index is 1.98. The molecule has 0 unspecified atom stereocenters. The van der Waals surface area contributed by atoms with Crippen molar-refractivity contribution in [3.63, 3.8) is 0 Å². The van der Waals surface area contributed by atoms with Gasteiger partial charge in [0.05, 0.1) is 6.54 Å². The minimum atomic E-state index is -0.151. The first kappa shape index (κ1) is 11.9. The van der Waals surface area contributed by atoms with Gasteiger partial charge in [-0.3, -0.25) is 4.79 Å². The summed E-state index contributed by atoms with van der Waals surface area (Å²) < 4.78 is 6.00. The van der Waals surface area contributed by atoms with E-state index < -0.39 is 0 Å². The molecule has 0 spiro atoms. The molecule has 1 amide bonds. The normalized spacial score (nSPS) is 10.2. The summed E-state index contributed by atoms with van der Waals surface area (Å²) in [5.41, 5.74) is 0.565. The summed E-state index contributed by atoms with van der Waals surface area (Å²) >= 11 is 3.22. The van der Waals surface area contributed by atoms with Crippen molar-refractivity contribution in [2.45, 2.75) is 13.5 Å². The molecule has 0 aliphatic carbocycles. The molecule has 0 radical (unpaired) electrons. The second-order valence-corrected chi connectivity index (χ2v) is 4.37. The SMILES string of the molecule is Cc1ccc(CNC(=O)c2ccnc(Br)c2)o1. The van der Waals surface area contributed by atoms with Gasteiger partial charge in [0.15, 0.2) is 0 Å². The Labute approximate surface area is 107 Å². The van der Waals surface area contributed by atoms with Crippen LogP contribution in [0.5, 0.6) is 0 Å². The number of nitrogens with one attached hydrogen (secondary N) is 1. The highest BCUT2D eigenvalue weighted by Crippen LogP contribution is 2.09. The van der Waals surface area contributed by atoms with Gasteiger partial charge < -0.3 is 9.73 Å². The molecular weight excluding hydrogens is 284 g/mol. The minimum absolute atomic E-state index is 0.151. The van der Waals surface area contributed by atoms with E-state index in [1.54, 1.807) is 18.3 Å². The number of carbonyl (C=O) groups is 1. The van der Waals surface area contributed by atoms with E-state index >= 15 is 0 Å². The van der Waals surface area contributed by atoms with E-state index in [9.17, 15) is 4.79 Å². The molecule has 5 heteroatoms. The molecular formula is C12H11BrN2O2. The number of rotatable bonds is 3. The molecule has 1 N–H and O–H groups in total. The lowest BCUT2D eigenvalue weighted by molar-refractivity contribution is 0.0947. The van der Waals surface area contributed by atoms with Gasteiger partial charge in [-0.1, -0.05) is 0 Å². The Kier molecular flexibility index (Phi) is 3.58. The highest BCUT2D eigenvalue weighted by atomic mass is 79.9. The van der Waals surface area contributed by atoms with Crippen LogP contribution >= 0.6 is 15.9 Å². The van der Waals surface area contributed by atoms with E-state index in [0.29, 0.717) is 16.7 Å². The van der Waals surface area contributed by atoms with Crippen LogP contribution in [0.3, 0.4) is 0 Å². The number of hydrogen-bond donors (Lipinski definition) is 1. The molecule has 88 valence electrons. The molecule has 0 fully saturated rings. The summed E-state index contributed by atoms with van der Waals surface area (Å²) in [6.07, 6.45) is 1.58. The number of halogens is 1. The first-order chi connectivity index (χ1) is 8.15. The fourth-order valence-corrected chi connectivity index (χ4v) is 1.76. The predicted molar refractivity (Wildman–Crippen MR) is 66.6 cm³/mol. The highest BCUT2D eigenvalue weighted by Gasteiger charge is 2.07. The predicted octanol–water partition coefficient (Wildman–Crippen LogP) is 2.68. The van der Waals surface area contributed by atoms with Crippen molar-refractivity contribution in [1.29, 1.82) is 0 Å². The molecule has 0 aromatic carbocycles. The van der Waals surface area contributed by atoms with Crippen LogP contribution in [0.2, 0.25) is 0 Å². The first-order valence-electron chi connectivity index (χ1n) is 5.10. The summed E-state index contributed by atoms with van der Waals surface area (Å²) in [5, 5.41) is 2.77. The average molecular weight is 295 g/mol. The van der Waals surface area contributed by atoms with Crippen molar-refractivity contribution in [3.05, 3.63) is 52.1 Å². The highest BCUT2D eigenvalue weighted by molar-refractivity contribution is 9.10. The average Bonchev–Trinajstić information content (AvgIpc) is 2.72. The summed E-state index contributed by atoms with van der Waals surface area (Å²) in [6.45, 7) is 2.25. The zero-order valence-corrected chi connectivity index (χ0v) is 10.8. The number of furan rings is 1. The Bertz CT molecular complexity index is 537. The molecule has 0 atom stereocenters. The quantitative estimate of drug-likeness (QED) is 0.886. The van der Waals surface area contributed by atoms with Crippen molar-refractivity contribution in [2.75, 3.05) is 0 Å². The maximum Gasteiger partial charge on any atom is 0.251 e. The molecule has 2 aromatic rings. The van der Waals surface area contributed by atoms with E-state index in [2.05, 4.69) is 26.2 Å². The van der Waals surface area contributed by atoms with Gasteiger partial charge in [0.2, 0.25) is 0 Å². The Morgan fingerprint density at radius 3 is 2.94 bits per heavy atom. The minimum Gasteiger partial charge on any atom is -0.465 e. The van der Waals surface area contributed by atoms with Crippen molar-refractivity contribution in [1.82, 2.24) is 10.3 Å². The van der Waals surface area contributed by atoms with Crippen LogP contribution in [0, 0.1) is 6.92 Å². The van der Waals surface area contributed by atoms with E-state index in [1.165, 1.54) is 0 Å². The molecule has 0 aliphatic rings. The number of carbonyl (C=O) groups excluding carboxylic acids is 1. The van der Waals surface area contributed by atoms with Gasteiger partial charge in [-0.15, -0.1) is 0 Å². The topological polar surface area (TPSA) is 55.1 Å². The number of aromatic nitrogens is 1. The molecule has 2 aromatic heterocycles. The number of aryl methyl sites for hydroxylation is 1. The molecule has 0 saturated carbocycles.